The van der Waals surface area contributed by atoms with Gasteiger partial charge in [0.25, 0.3) is 0 Å². The van der Waals surface area contributed by atoms with Crippen molar-refractivity contribution in [1.82, 2.24) is 24.8 Å². The number of imidazole rings is 1. The normalized spacial score (nSPS) is 14.7. The third-order valence-electron chi connectivity index (χ3n) is 5.95. The number of aromatic amines is 1. The summed E-state index contributed by atoms with van der Waals surface area (Å²) in [6.45, 7) is 4.74. The number of hydrogen-bond donors (Lipinski definition) is 4. The van der Waals surface area contributed by atoms with Crippen molar-refractivity contribution in [2.45, 2.75) is 6.54 Å². The summed E-state index contributed by atoms with van der Waals surface area (Å²) in [5.74, 6) is 0.968. The number of nitrogens with zero attached hydrogens (tertiary/aromatic N) is 5. The molecule has 0 atom stereocenters. The zero-order valence-corrected chi connectivity index (χ0v) is 21.0. The topological polar surface area (TPSA) is 131 Å². The summed E-state index contributed by atoms with van der Waals surface area (Å²) in [5.41, 5.74) is 4.69. The van der Waals surface area contributed by atoms with E-state index in [9.17, 15) is 8.42 Å². The largest absolute Gasteiger partial charge is 0.369 e. The highest BCUT2D eigenvalue weighted by Crippen LogP contribution is 2.24. The van der Waals surface area contributed by atoms with Crippen molar-refractivity contribution < 1.29 is 8.42 Å². The fourth-order valence-corrected chi connectivity index (χ4v) is 4.69. The van der Waals surface area contributed by atoms with E-state index in [1.807, 2.05) is 6.07 Å². The van der Waals surface area contributed by atoms with Gasteiger partial charge in [-0.05, 0) is 42.9 Å². The Bertz CT molecular complexity index is 1460. The summed E-state index contributed by atoms with van der Waals surface area (Å²) in [5, 5.41) is 6.56. The third kappa shape index (κ3) is 5.83. The molecule has 1 saturated heterocycles. The summed E-state index contributed by atoms with van der Waals surface area (Å²) in [6.07, 6.45) is 2.69. The van der Waals surface area contributed by atoms with Gasteiger partial charge in [0.05, 0.1) is 18.3 Å². The van der Waals surface area contributed by atoms with E-state index in [4.69, 9.17) is 0 Å². The Kier molecular flexibility index (Phi) is 6.61. The number of H-pyrrole nitrogens is 1. The standard InChI is InChI=1S/C24H29N9O2S/c1-32-9-11-33(12-10-32)20-8-3-5-17(13-20)15-25-22-21-23(27-16-26-21)30-24(29-22)28-18-6-4-7-19(14-18)31-36(2,34)35/h3-8,13-14,16,31H,9-12,15H2,1-2H3,(H3,25,26,27,28,29,30). The lowest BCUT2D eigenvalue weighted by atomic mass is 10.1. The summed E-state index contributed by atoms with van der Waals surface area (Å²) in [7, 11) is -1.23. The van der Waals surface area contributed by atoms with E-state index in [0.717, 1.165) is 38.0 Å². The number of likely N-dealkylation sites (N-methyl/N-ethyl adjacent to an activating group) is 1. The molecule has 0 aliphatic carbocycles. The zero-order valence-electron chi connectivity index (χ0n) is 20.2. The molecule has 188 valence electrons. The number of anilines is 5. The van der Waals surface area contributed by atoms with Crippen molar-refractivity contribution in [1.29, 1.82) is 0 Å². The number of fused-ring (bicyclic) bond motifs is 1. The molecule has 2 aromatic carbocycles. The highest BCUT2D eigenvalue weighted by molar-refractivity contribution is 7.92. The first-order valence-corrected chi connectivity index (χ1v) is 13.5. The molecular formula is C24H29N9O2S. The lowest BCUT2D eigenvalue weighted by Crippen LogP contribution is -2.44. The molecule has 1 aliphatic heterocycles. The Balaban J connectivity index is 1.33. The van der Waals surface area contributed by atoms with Crippen LogP contribution in [-0.2, 0) is 16.6 Å². The summed E-state index contributed by atoms with van der Waals surface area (Å²) in [4.78, 5) is 21.3. The van der Waals surface area contributed by atoms with Gasteiger partial charge in [-0.15, -0.1) is 0 Å². The van der Waals surface area contributed by atoms with Crippen LogP contribution in [0.25, 0.3) is 11.2 Å². The molecule has 5 rings (SSSR count). The fraction of sp³-hybridized carbons (Fsp3) is 0.292. The molecule has 1 aliphatic rings. The molecule has 0 unspecified atom stereocenters. The van der Waals surface area contributed by atoms with Crippen molar-refractivity contribution in [2.75, 3.05) is 59.7 Å². The van der Waals surface area contributed by atoms with E-state index in [1.165, 1.54) is 5.69 Å². The van der Waals surface area contributed by atoms with Crippen molar-refractivity contribution in [2.24, 2.45) is 0 Å². The number of rotatable bonds is 8. The van der Waals surface area contributed by atoms with Crippen LogP contribution >= 0.6 is 0 Å². The maximum atomic E-state index is 11.6. The molecule has 4 aromatic rings. The minimum atomic E-state index is -3.38. The lowest BCUT2D eigenvalue weighted by Gasteiger charge is -2.34. The Morgan fingerprint density at radius 1 is 1.00 bits per heavy atom. The average Bonchev–Trinajstić information content (AvgIpc) is 3.31. The van der Waals surface area contributed by atoms with E-state index in [2.05, 4.69) is 76.4 Å². The Labute approximate surface area is 210 Å². The number of hydrogen-bond acceptors (Lipinski definition) is 9. The molecule has 3 heterocycles. The van der Waals surface area contributed by atoms with Crippen molar-refractivity contribution in [3.8, 4) is 0 Å². The minimum absolute atomic E-state index is 0.347. The molecule has 11 nitrogen and oxygen atoms in total. The Hall–Kier alpha value is -3.90. The van der Waals surface area contributed by atoms with Crippen molar-refractivity contribution in [3.05, 3.63) is 60.4 Å². The lowest BCUT2D eigenvalue weighted by molar-refractivity contribution is 0.313. The first-order valence-electron chi connectivity index (χ1n) is 11.6. The number of sulfonamides is 1. The molecule has 4 N–H and O–H groups in total. The highest BCUT2D eigenvalue weighted by atomic mass is 32.2. The van der Waals surface area contributed by atoms with E-state index in [1.54, 1.807) is 24.5 Å². The fourth-order valence-electron chi connectivity index (χ4n) is 4.13. The van der Waals surface area contributed by atoms with E-state index >= 15 is 0 Å². The smallest absolute Gasteiger partial charge is 0.231 e. The van der Waals surface area contributed by atoms with Gasteiger partial charge in [-0.1, -0.05) is 18.2 Å². The average molecular weight is 508 g/mol. The summed E-state index contributed by atoms with van der Waals surface area (Å²) in [6, 6.07) is 15.4. The molecule has 0 saturated carbocycles. The van der Waals surface area contributed by atoms with Crippen LogP contribution in [0.5, 0.6) is 0 Å². The van der Waals surface area contributed by atoms with Gasteiger partial charge in [-0.3, -0.25) is 4.72 Å². The van der Waals surface area contributed by atoms with Crippen LogP contribution in [0.1, 0.15) is 5.56 Å². The summed E-state index contributed by atoms with van der Waals surface area (Å²) >= 11 is 0. The Morgan fingerprint density at radius 3 is 2.58 bits per heavy atom. The van der Waals surface area contributed by atoms with Crippen molar-refractivity contribution >= 4 is 50.0 Å². The predicted octanol–water partition coefficient (Wildman–Crippen LogP) is 2.83. The SMILES string of the molecule is CN1CCN(c2cccc(CNc3nc(Nc4cccc(NS(C)(=O)=O)c4)nc4nc[nH]c34)c2)CC1. The van der Waals surface area contributed by atoms with Crippen LogP contribution in [0.3, 0.4) is 0 Å². The van der Waals surface area contributed by atoms with E-state index in [-0.39, 0.29) is 0 Å². The molecular weight excluding hydrogens is 478 g/mol. The number of benzene rings is 2. The molecule has 0 radical (unpaired) electrons. The second-order valence-electron chi connectivity index (χ2n) is 8.89. The van der Waals surface area contributed by atoms with Gasteiger partial charge < -0.3 is 25.4 Å². The second kappa shape index (κ2) is 9.99. The monoisotopic (exact) mass is 507 g/mol. The molecule has 0 amide bonds. The molecule has 0 bridgehead atoms. The first-order chi connectivity index (χ1) is 17.3. The van der Waals surface area contributed by atoms with Crippen LogP contribution in [0.4, 0.5) is 28.8 Å². The van der Waals surface area contributed by atoms with Gasteiger partial charge in [0.15, 0.2) is 11.5 Å². The molecule has 1 fully saturated rings. The van der Waals surface area contributed by atoms with Crippen LogP contribution < -0.4 is 20.3 Å². The number of nitrogens with one attached hydrogen (secondary N) is 4. The van der Waals surface area contributed by atoms with Crippen LogP contribution in [0, 0.1) is 0 Å². The first kappa shape index (κ1) is 23.8. The van der Waals surface area contributed by atoms with Gasteiger partial charge in [0, 0.05) is 44.1 Å². The molecule has 0 spiro atoms. The Morgan fingerprint density at radius 2 is 1.78 bits per heavy atom. The van der Waals surface area contributed by atoms with Gasteiger partial charge in [-0.2, -0.15) is 9.97 Å². The third-order valence-corrected chi connectivity index (χ3v) is 6.55. The maximum Gasteiger partial charge on any atom is 0.231 e. The predicted molar refractivity (Wildman–Crippen MR) is 143 cm³/mol. The summed E-state index contributed by atoms with van der Waals surface area (Å²) < 4.78 is 25.6. The van der Waals surface area contributed by atoms with E-state index in [0.29, 0.717) is 40.8 Å². The second-order valence-corrected chi connectivity index (χ2v) is 10.6. The number of piperazine rings is 1. The van der Waals surface area contributed by atoms with Crippen LogP contribution in [0.2, 0.25) is 0 Å². The van der Waals surface area contributed by atoms with Crippen LogP contribution in [-0.4, -0.2) is 72.7 Å². The zero-order chi connectivity index (χ0) is 25.1. The quantitative estimate of drug-likeness (QED) is 0.284. The van der Waals surface area contributed by atoms with Gasteiger partial charge >= 0.3 is 0 Å². The maximum absolute atomic E-state index is 11.6. The molecule has 2 aromatic heterocycles. The van der Waals surface area contributed by atoms with E-state index < -0.39 is 10.0 Å². The van der Waals surface area contributed by atoms with Crippen LogP contribution in [0.15, 0.2) is 54.9 Å². The molecule has 36 heavy (non-hydrogen) atoms. The highest BCUT2D eigenvalue weighted by Gasteiger charge is 2.15. The van der Waals surface area contributed by atoms with Crippen molar-refractivity contribution in [3.63, 3.8) is 0 Å². The van der Waals surface area contributed by atoms with Gasteiger partial charge in [-0.25, -0.2) is 13.4 Å². The number of aromatic nitrogens is 4. The minimum Gasteiger partial charge on any atom is -0.369 e. The van der Waals surface area contributed by atoms with Gasteiger partial charge in [0.2, 0.25) is 16.0 Å². The van der Waals surface area contributed by atoms with Gasteiger partial charge in [0.1, 0.15) is 5.52 Å². The molecule has 12 heteroatoms.